The Kier molecular flexibility index (Phi) is 2.83. The largest absolute Gasteiger partial charge is 0.339 e. The summed E-state index contributed by atoms with van der Waals surface area (Å²) in [6.07, 6.45) is 2.81. The SMILES string of the molecule is Cc1ccnc(-c2noc(C3CCNC3C)n2)c1. The lowest BCUT2D eigenvalue weighted by Gasteiger charge is -2.08. The van der Waals surface area contributed by atoms with Crippen molar-refractivity contribution in [2.24, 2.45) is 0 Å². The molecule has 1 N–H and O–H groups in total. The van der Waals surface area contributed by atoms with Crippen LogP contribution in [-0.4, -0.2) is 27.7 Å². The van der Waals surface area contributed by atoms with E-state index in [4.69, 9.17) is 4.52 Å². The van der Waals surface area contributed by atoms with Crippen LogP contribution in [0.1, 0.15) is 30.7 Å². The third-order valence-electron chi connectivity index (χ3n) is 3.43. The van der Waals surface area contributed by atoms with Gasteiger partial charge in [-0.25, -0.2) is 0 Å². The molecule has 0 amide bonds. The van der Waals surface area contributed by atoms with E-state index in [0.29, 0.717) is 23.7 Å². The van der Waals surface area contributed by atoms with Gasteiger partial charge in [-0.1, -0.05) is 5.16 Å². The first-order valence-electron chi connectivity index (χ1n) is 6.24. The zero-order chi connectivity index (χ0) is 12.5. The second-order valence-electron chi connectivity index (χ2n) is 4.81. The molecule has 0 aliphatic carbocycles. The smallest absolute Gasteiger partial charge is 0.231 e. The number of pyridine rings is 1. The normalized spacial score (nSPS) is 23.4. The van der Waals surface area contributed by atoms with Gasteiger partial charge in [-0.05, 0) is 44.5 Å². The van der Waals surface area contributed by atoms with Gasteiger partial charge in [0.2, 0.25) is 11.7 Å². The Bertz CT molecular complexity index is 551. The van der Waals surface area contributed by atoms with E-state index in [9.17, 15) is 0 Å². The number of nitrogens with zero attached hydrogens (tertiary/aromatic N) is 3. The summed E-state index contributed by atoms with van der Waals surface area (Å²) in [7, 11) is 0. The van der Waals surface area contributed by atoms with Crippen LogP contribution in [0.5, 0.6) is 0 Å². The lowest BCUT2D eigenvalue weighted by molar-refractivity contribution is 0.345. The topological polar surface area (TPSA) is 63.8 Å². The van der Waals surface area contributed by atoms with Crippen molar-refractivity contribution in [3.63, 3.8) is 0 Å². The molecule has 0 spiro atoms. The summed E-state index contributed by atoms with van der Waals surface area (Å²) in [5, 5.41) is 7.41. The molecule has 94 valence electrons. The molecule has 2 aromatic rings. The van der Waals surface area contributed by atoms with E-state index in [-0.39, 0.29) is 0 Å². The van der Waals surface area contributed by atoms with E-state index in [1.54, 1.807) is 6.20 Å². The molecule has 2 unspecified atom stereocenters. The molecule has 0 radical (unpaired) electrons. The second kappa shape index (κ2) is 4.49. The summed E-state index contributed by atoms with van der Waals surface area (Å²) in [6.45, 7) is 5.17. The average molecular weight is 244 g/mol. The van der Waals surface area contributed by atoms with Crippen molar-refractivity contribution in [2.45, 2.75) is 32.2 Å². The highest BCUT2D eigenvalue weighted by molar-refractivity contribution is 5.49. The number of aryl methyl sites for hydroxylation is 1. The van der Waals surface area contributed by atoms with E-state index in [1.807, 2.05) is 19.1 Å². The molecule has 0 aromatic carbocycles. The molecule has 5 nitrogen and oxygen atoms in total. The Hall–Kier alpha value is -1.75. The van der Waals surface area contributed by atoms with Crippen molar-refractivity contribution >= 4 is 0 Å². The highest BCUT2D eigenvalue weighted by Gasteiger charge is 2.29. The molecule has 2 aromatic heterocycles. The van der Waals surface area contributed by atoms with Crippen LogP contribution in [0.25, 0.3) is 11.5 Å². The van der Waals surface area contributed by atoms with Crippen LogP contribution >= 0.6 is 0 Å². The molecule has 1 fully saturated rings. The lowest BCUT2D eigenvalue weighted by atomic mass is 10.0. The highest BCUT2D eigenvalue weighted by atomic mass is 16.5. The molecule has 3 heterocycles. The monoisotopic (exact) mass is 244 g/mol. The zero-order valence-corrected chi connectivity index (χ0v) is 10.6. The van der Waals surface area contributed by atoms with Crippen LogP contribution < -0.4 is 5.32 Å². The Labute approximate surface area is 106 Å². The first kappa shape index (κ1) is 11.3. The molecule has 1 aliphatic rings. The van der Waals surface area contributed by atoms with Crippen molar-refractivity contribution in [3.05, 3.63) is 29.8 Å². The van der Waals surface area contributed by atoms with Crippen LogP contribution in [0.3, 0.4) is 0 Å². The summed E-state index contributed by atoms with van der Waals surface area (Å²) < 4.78 is 5.37. The van der Waals surface area contributed by atoms with Crippen molar-refractivity contribution in [1.82, 2.24) is 20.4 Å². The van der Waals surface area contributed by atoms with Crippen LogP contribution in [-0.2, 0) is 0 Å². The Morgan fingerprint density at radius 2 is 2.33 bits per heavy atom. The van der Waals surface area contributed by atoms with Gasteiger partial charge < -0.3 is 9.84 Å². The fraction of sp³-hybridized carbons (Fsp3) is 0.462. The number of hydrogen-bond donors (Lipinski definition) is 1. The number of nitrogens with one attached hydrogen (secondary N) is 1. The molecule has 0 saturated carbocycles. The summed E-state index contributed by atoms with van der Waals surface area (Å²) in [6, 6.07) is 4.31. The van der Waals surface area contributed by atoms with Gasteiger partial charge in [-0.15, -0.1) is 0 Å². The third kappa shape index (κ3) is 2.01. The fourth-order valence-corrected chi connectivity index (χ4v) is 2.34. The Balaban J connectivity index is 1.89. The first-order valence-corrected chi connectivity index (χ1v) is 6.24. The van der Waals surface area contributed by atoms with Gasteiger partial charge in [0.25, 0.3) is 0 Å². The van der Waals surface area contributed by atoms with E-state index in [2.05, 4.69) is 27.4 Å². The van der Waals surface area contributed by atoms with Gasteiger partial charge in [0.05, 0.1) is 5.92 Å². The van der Waals surface area contributed by atoms with E-state index in [0.717, 1.165) is 24.2 Å². The molecule has 5 heteroatoms. The van der Waals surface area contributed by atoms with Crippen LogP contribution in [0.2, 0.25) is 0 Å². The number of hydrogen-bond acceptors (Lipinski definition) is 5. The van der Waals surface area contributed by atoms with Crippen molar-refractivity contribution in [2.75, 3.05) is 6.54 Å². The minimum absolute atomic E-state index is 0.316. The number of aromatic nitrogens is 3. The van der Waals surface area contributed by atoms with Gasteiger partial charge in [-0.3, -0.25) is 4.98 Å². The minimum Gasteiger partial charge on any atom is -0.339 e. The molecule has 2 atom stereocenters. The van der Waals surface area contributed by atoms with Crippen molar-refractivity contribution in [1.29, 1.82) is 0 Å². The summed E-state index contributed by atoms with van der Waals surface area (Å²) >= 11 is 0. The fourth-order valence-electron chi connectivity index (χ4n) is 2.34. The maximum atomic E-state index is 5.37. The lowest BCUT2D eigenvalue weighted by Crippen LogP contribution is -2.21. The van der Waals surface area contributed by atoms with E-state index >= 15 is 0 Å². The summed E-state index contributed by atoms with van der Waals surface area (Å²) in [5.41, 5.74) is 1.91. The van der Waals surface area contributed by atoms with Gasteiger partial charge in [0.15, 0.2) is 0 Å². The molecular weight excluding hydrogens is 228 g/mol. The molecule has 18 heavy (non-hydrogen) atoms. The average Bonchev–Trinajstić information content (AvgIpc) is 2.97. The Morgan fingerprint density at radius 1 is 1.44 bits per heavy atom. The predicted molar refractivity (Wildman–Crippen MR) is 67.1 cm³/mol. The van der Waals surface area contributed by atoms with E-state index < -0.39 is 0 Å². The van der Waals surface area contributed by atoms with Gasteiger partial charge in [-0.2, -0.15) is 4.98 Å². The van der Waals surface area contributed by atoms with Gasteiger partial charge in [0.1, 0.15) is 5.69 Å². The maximum Gasteiger partial charge on any atom is 0.231 e. The van der Waals surface area contributed by atoms with Gasteiger partial charge >= 0.3 is 0 Å². The predicted octanol–water partition coefficient (Wildman–Crippen LogP) is 1.91. The molecule has 1 aliphatic heterocycles. The minimum atomic E-state index is 0.316. The second-order valence-corrected chi connectivity index (χ2v) is 4.81. The molecular formula is C13H16N4O. The Morgan fingerprint density at radius 3 is 3.06 bits per heavy atom. The molecule has 3 rings (SSSR count). The zero-order valence-electron chi connectivity index (χ0n) is 10.6. The van der Waals surface area contributed by atoms with Crippen LogP contribution in [0, 0.1) is 6.92 Å². The third-order valence-corrected chi connectivity index (χ3v) is 3.43. The summed E-state index contributed by atoms with van der Waals surface area (Å²) in [5.74, 6) is 1.61. The first-order chi connectivity index (χ1) is 8.74. The van der Waals surface area contributed by atoms with Crippen LogP contribution in [0.15, 0.2) is 22.9 Å². The van der Waals surface area contributed by atoms with Gasteiger partial charge in [0, 0.05) is 12.2 Å². The molecule has 0 bridgehead atoms. The van der Waals surface area contributed by atoms with Crippen LogP contribution in [0.4, 0.5) is 0 Å². The number of rotatable bonds is 2. The highest BCUT2D eigenvalue weighted by Crippen LogP contribution is 2.27. The quantitative estimate of drug-likeness (QED) is 0.874. The van der Waals surface area contributed by atoms with E-state index in [1.165, 1.54) is 0 Å². The molecule has 1 saturated heterocycles. The van der Waals surface area contributed by atoms with Crippen molar-refractivity contribution < 1.29 is 4.52 Å². The summed E-state index contributed by atoms with van der Waals surface area (Å²) in [4.78, 5) is 8.74. The maximum absolute atomic E-state index is 5.37. The van der Waals surface area contributed by atoms with Crippen molar-refractivity contribution in [3.8, 4) is 11.5 Å². The standard InChI is InChI=1S/C13H16N4O/c1-8-3-5-15-11(7-8)12-16-13(18-17-12)10-4-6-14-9(10)2/h3,5,7,9-10,14H,4,6H2,1-2H3.